The third kappa shape index (κ3) is 5.53. The lowest BCUT2D eigenvalue weighted by atomic mass is 9.89. The molecule has 0 aromatic rings. The van der Waals surface area contributed by atoms with E-state index in [0.29, 0.717) is 6.61 Å². The monoisotopic (exact) mass is 213 g/mol. The van der Waals surface area contributed by atoms with Gasteiger partial charge >= 0.3 is 0 Å². The highest BCUT2D eigenvalue weighted by Gasteiger charge is 2.16. The number of rotatable bonds is 7. The van der Waals surface area contributed by atoms with Crippen LogP contribution in [0.4, 0.5) is 0 Å². The molecule has 2 nitrogen and oxygen atoms in total. The molecule has 90 valence electrons. The molecular formula is C13H27NO. The van der Waals surface area contributed by atoms with Crippen molar-refractivity contribution in [2.24, 2.45) is 11.3 Å². The largest absolute Gasteiger partial charge is 0.396 e. The molecule has 0 heterocycles. The van der Waals surface area contributed by atoms with E-state index in [1.54, 1.807) is 0 Å². The quantitative estimate of drug-likeness (QED) is 0.637. The van der Waals surface area contributed by atoms with E-state index >= 15 is 0 Å². The van der Waals surface area contributed by atoms with E-state index in [-0.39, 0.29) is 5.41 Å². The lowest BCUT2D eigenvalue weighted by Crippen LogP contribution is -2.24. The van der Waals surface area contributed by atoms with Gasteiger partial charge in [0.1, 0.15) is 0 Å². The predicted octanol–water partition coefficient (Wildman–Crippen LogP) is 2.56. The minimum atomic E-state index is 0.106. The van der Waals surface area contributed by atoms with Crippen molar-refractivity contribution >= 4 is 0 Å². The maximum atomic E-state index is 9.10. The first-order valence-electron chi connectivity index (χ1n) is 6.46. The smallest absolute Gasteiger partial charge is 0.0482 e. The summed E-state index contributed by atoms with van der Waals surface area (Å²) >= 11 is 0. The number of aliphatic hydroxyl groups excluding tert-OH is 1. The minimum Gasteiger partial charge on any atom is -0.396 e. The van der Waals surface area contributed by atoms with Crippen molar-refractivity contribution in [2.45, 2.75) is 52.4 Å². The van der Waals surface area contributed by atoms with Gasteiger partial charge in [0.15, 0.2) is 0 Å². The number of nitrogens with one attached hydrogen (secondary N) is 1. The van der Waals surface area contributed by atoms with Crippen molar-refractivity contribution < 1.29 is 5.11 Å². The van der Waals surface area contributed by atoms with Crippen molar-refractivity contribution in [1.82, 2.24) is 5.32 Å². The summed E-state index contributed by atoms with van der Waals surface area (Å²) < 4.78 is 0. The van der Waals surface area contributed by atoms with Crippen LogP contribution in [0.25, 0.3) is 0 Å². The van der Waals surface area contributed by atoms with Gasteiger partial charge in [-0.25, -0.2) is 0 Å². The molecule has 0 unspecified atom stereocenters. The zero-order chi connectivity index (χ0) is 11.1. The van der Waals surface area contributed by atoms with Gasteiger partial charge in [-0.2, -0.15) is 0 Å². The van der Waals surface area contributed by atoms with Crippen LogP contribution in [0.1, 0.15) is 52.4 Å². The molecule has 0 bridgehead atoms. The average Bonchev–Trinajstić information content (AvgIpc) is 2.70. The first-order chi connectivity index (χ1) is 7.14. The molecule has 1 aliphatic carbocycles. The maximum absolute atomic E-state index is 9.10. The number of hydrogen-bond donors (Lipinski definition) is 2. The minimum absolute atomic E-state index is 0.106. The van der Waals surface area contributed by atoms with E-state index in [4.69, 9.17) is 5.11 Å². The van der Waals surface area contributed by atoms with Gasteiger partial charge in [-0.3, -0.25) is 0 Å². The Balaban J connectivity index is 1.92. The van der Waals surface area contributed by atoms with Crippen molar-refractivity contribution in [1.29, 1.82) is 0 Å². The summed E-state index contributed by atoms with van der Waals surface area (Å²) in [5, 5.41) is 12.6. The van der Waals surface area contributed by atoms with Crippen molar-refractivity contribution in [3.8, 4) is 0 Å². The Labute approximate surface area is 94.5 Å². The van der Waals surface area contributed by atoms with Crippen molar-refractivity contribution in [3.63, 3.8) is 0 Å². The van der Waals surface area contributed by atoms with Crippen LogP contribution in [0.3, 0.4) is 0 Å². The van der Waals surface area contributed by atoms with E-state index in [9.17, 15) is 0 Å². The van der Waals surface area contributed by atoms with Crippen LogP contribution in [0.15, 0.2) is 0 Å². The molecule has 0 aromatic heterocycles. The van der Waals surface area contributed by atoms with Crippen LogP contribution >= 0.6 is 0 Å². The molecule has 15 heavy (non-hydrogen) atoms. The van der Waals surface area contributed by atoms with Gasteiger partial charge in [0.05, 0.1) is 0 Å². The van der Waals surface area contributed by atoms with Gasteiger partial charge in [0, 0.05) is 6.61 Å². The number of hydrogen-bond acceptors (Lipinski definition) is 2. The highest BCUT2D eigenvalue weighted by molar-refractivity contribution is 4.71. The first kappa shape index (κ1) is 13.0. The zero-order valence-electron chi connectivity index (χ0n) is 10.4. The number of aliphatic hydroxyl groups is 1. The standard InChI is InChI=1S/C13H27NO/c1-13(2,11-15)8-5-9-14-10-12-6-3-4-7-12/h12,14-15H,3-11H2,1-2H3. The van der Waals surface area contributed by atoms with Gasteiger partial charge in [-0.15, -0.1) is 0 Å². The van der Waals surface area contributed by atoms with E-state index in [1.165, 1.54) is 38.6 Å². The summed E-state index contributed by atoms with van der Waals surface area (Å²) in [5.41, 5.74) is 0.106. The van der Waals surface area contributed by atoms with Crippen LogP contribution in [0.2, 0.25) is 0 Å². The second kappa shape index (κ2) is 6.49. The SMILES string of the molecule is CC(C)(CO)CCCNCC1CCCC1. The summed E-state index contributed by atoms with van der Waals surface area (Å²) in [6, 6.07) is 0. The van der Waals surface area contributed by atoms with Gasteiger partial charge in [0.25, 0.3) is 0 Å². The molecule has 2 N–H and O–H groups in total. The van der Waals surface area contributed by atoms with E-state index in [2.05, 4.69) is 19.2 Å². The fourth-order valence-electron chi connectivity index (χ4n) is 2.29. The van der Waals surface area contributed by atoms with Crippen LogP contribution in [0.5, 0.6) is 0 Å². The maximum Gasteiger partial charge on any atom is 0.0482 e. The summed E-state index contributed by atoms with van der Waals surface area (Å²) in [6.45, 7) is 6.88. The summed E-state index contributed by atoms with van der Waals surface area (Å²) in [4.78, 5) is 0. The van der Waals surface area contributed by atoms with Gasteiger partial charge in [-0.05, 0) is 50.1 Å². The topological polar surface area (TPSA) is 32.3 Å². The molecular weight excluding hydrogens is 186 g/mol. The normalized spacial score (nSPS) is 18.6. The van der Waals surface area contributed by atoms with Crippen molar-refractivity contribution in [3.05, 3.63) is 0 Å². The van der Waals surface area contributed by atoms with Crippen LogP contribution in [-0.2, 0) is 0 Å². The fraction of sp³-hybridized carbons (Fsp3) is 1.00. The molecule has 0 aromatic carbocycles. The second-order valence-corrected chi connectivity index (χ2v) is 5.78. The van der Waals surface area contributed by atoms with Crippen LogP contribution in [0, 0.1) is 11.3 Å². The molecule has 1 saturated carbocycles. The lowest BCUT2D eigenvalue weighted by molar-refractivity contribution is 0.148. The highest BCUT2D eigenvalue weighted by atomic mass is 16.3. The molecule has 0 spiro atoms. The summed E-state index contributed by atoms with van der Waals surface area (Å²) in [6.07, 6.45) is 8.01. The fourth-order valence-corrected chi connectivity index (χ4v) is 2.29. The lowest BCUT2D eigenvalue weighted by Gasteiger charge is -2.21. The van der Waals surface area contributed by atoms with Crippen LogP contribution < -0.4 is 5.32 Å². The van der Waals surface area contributed by atoms with E-state index < -0.39 is 0 Å². The molecule has 0 aliphatic heterocycles. The van der Waals surface area contributed by atoms with E-state index in [1.807, 2.05) is 0 Å². The molecule has 1 fully saturated rings. The summed E-state index contributed by atoms with van der Waals surface area (Å²) in [7, 11) is 0. The highest BCUT2D eigenvalue weighted by Crippen LogP contribution is 2.24. The van der Waals surface area contributed by atoms with Gasteiger partial charge in [-0.1, -0.05) is 26.7 Å². The predicted molar refractivity (Wildman–Crippen MR) is 64.9 cm³/mol. The van der Waals surface area contributed by atoms with Gasteiger partial charge in [0.2, 0.25) is 0 Å². The Kier molecular flexibility index (Phi) is 5.62. The Morgan fingerprint density at radius 3 is 2.53 bits per heavy atom. The molecule has 0 amide bonds. The van der Waals surface area contributed by atoms with Crippen molar-refractivity contribution in [2.75, 3.05) is 19.7 Å². The molecule has 1 aliphatic rings. The third-order valence-corrected chi connectivity index (χ3v) is 3.54. The molecule has 2 heteroatoms. The van der Waals surface area contributed by atoms with Gasteiger partial charge < -0.3 is 10.4 Å². The third-order valence-electron chi connectivity index (χ3n) is 3.54. The first-order valence-corrected chi connectivity index (χ1v) is 6.46. The molecule has 0 saturated heterocycles. The average molecular weight is 213 g/mol. The molecule has 1 rings (SSSR count). The Hall–Kier alpha value is -0.0800. The Morgan fingerprint density at radius 1 is 1.27 bits per heavy atom. The zero-order valence-corrected chi connectivity index (χ0v) is 10.4. The molecule has 0 radical (unpaired) electrons. The molecule has 0 atom stereocenters. The Morgan fingerprint density at radius 2 is 1.93 bits per heavy atom. The second-order valence-electron chi connectivity index (χ2n) is 5.78. The van der Waals surface area contributed by atoms with Crippen LogP contribution in [-0.4, -0.2) is 24.8 Å². The van der Waals surface area contributed by atoms with E-state index in [0.717, 1.165) is 18.9 Å². The Bertz CT molecular complexity index is 162. The summed E-state index contributed by atoms with van der Waals surface area (Å²) in [5.74, 6) is 0.941.